The molecule has 1 atom stereocenters. The summed E-state index contributed by atoms with van der Waals surface area (Å²) in [4.78, 5) is 0. The van der Waals surface area contributed by atoms with Gasteiger partial charge in [0, 0.05) is 5.25 Å². The van der Waals surface area contributed by atoms with Crippen molar-refractivity contribution in [1.29, 1.82) is 0 Å². The van der Waals surface area contributed by atoms with Crippen molar-refractivity contribution in [2.45, 2.75) is 31.9 Å². The predicted octanol–water partition coefficient (Wildman–Crippen LogP) is 2.34. The summed E-state index contributed by atoms with van der Waals surface area (Å²) in [6, 6.07) is 0. The highest BCUT2D eigenvalue weighted by Gasteiger charge is 2.03. The van der Waals surface area contributed by atoms with Crippen molar-refractivity contribution in [2.24, 2.45) is 0 Å². The molecule has 0 heterocycles. The summed E-state index contributed by atoms with van der Waals surface area (Å²) in [5.41, 5.74) is 0. The zero-order valence-electron chi connectivity index (χ0n) is 6.22. The molecule has 55 valence electrons. The minimum absolute atomic E-state index is 0.0845. The third-order valence-corrected chi connectivity index (χ3v) is 2.78. The summed E-state index contributed by atoms with van der Waals surface area (Å²) in [7, 11) is 0. The topological polar surface area (TPSA) is 19.9 Å². The number of rotatable bonds is 5. The predicted molar refractivity (Wildman–Crippen MR) is 42.4 cm³/mol. The Kier molecular flexibility index (Phi) is 6.65. The highest BCUT2D eigenvalue weighted by Crippen LogP contribution is 2.14. The standard InChI is InChI=1S/C7H15OS/c1-3-5-9-7(4-2)6-8/h7H,3-6H2,1-2H3. The van der Waals surface area contributed by atoms with Gasteiger partial charge < -0.3 is 0 Å². The molecule has 2 heteroatoms. The van der Waals surface area contributed by atoms with E-state index < -0.39 is 0 Å². The maximum atomic E-state index is 10.3. The van der Waals surface area contributed by atoms with E-state index in [2.05, 4.69) is 13.8 Å². The molecule has 0 aromatic heterocycles. The van der Waals surface area contributed by atoms with Crippen molar-refractivity contribution in [3.05, 3.63) is 0 Å². The molecular weight excluding hydrogens is 132 g/mol. The molecule has 0 N–H and O–H groups in total. The highest BCUT2D eigenvalue weighted by molar-refractivity contribution is 7.99. The van der Waals surface area contributed by atoms with E-state index in [1.807, 2.05) is 11.8 Å². The Hall–Kier alpha value is 0.310. The molecule has 0 aromatic carbocycles. The fourth-order valence-electron chi connectivity index (χ4n) is 0.568. The van der Waals surface area contributed by atoms with Gasteiger partial charge in [-0.1, -0.05) is 13.8 Å². The molecule has 0 aromatic rings. The van der Waals surface area contributed by atoms with Crippen LogP contribution in [0, 0.1) is 0 Å². The van der Waals surface area contributed by atoms with Crippen molar-refractivity contribution in [3.8, 4) is 0 Å². The average Bonchev–Trinajstić information content (AvgIpc) is 1.91. The first-order valence-electron chi connectivity index (χ1n) is 3.54. The van der Waals surface area contributed by atoms with E-state index >= 15 is 0 Å². The third-order valence-electron chi connectivity index (χ3n) is 1.20. The monoisotopic (exact) mass is 147 g/mol. The van der Waals surface area contributed by atoms with Crippen LogP contribution >= 0.6 is 11.8 Å². The smallest absolute Gasteiger partial charge is 0.0940 e. The molecular formula is C7H15OS. The number of hydrogen-bond acceptors (Lipinski definition) is 1. The zero-order chi connectivity index (χ0) is 7.11. The van der Waals surface area contributed by atoms with E-state index in [9.17, 15) is 5.11 Å². The normalized spacial score (nSPS) is 13.7. The SMILES string of the molecule is CCCSC(CC)C[O]. The second-order valence-corrected chi connectivity index (χ2v) is 3.48. The molecule has 0 saturated carbocycles. The quantitative estimate of drug-likeness (QED) is 0.584. The van der Waals surface area contributed by atoms with Gasteiger partial charge in [0.2, 0.25) is 0 Å². The molecule has 0 saturated heterocycles. The van der Waals surface area contributed by atoms with Gasteiger partial charge in [0.25, 0.3) is 0 Å². The minimum atomic E-state index is 0.0845. The summed E-state index contributed by atoms with van der Waals surface area (Å²) in [5, 5.41) is 10.7. The van der Waals surface area contributed by atoms with Gasteiger partial charge in [0.1, 0.15) is 0 Å². The molecule has 0 spiro atoms. The first-order chi connectivity index (χ1) is 4.35. The summed E-state index contributed by atoms with van der Waals surface area (Å²) in [5.74, 6) is 1.14. The Balaban J connectivity index is 3.09. The molecule has 9 heavy (non-hydrogen) atoms. The second kappa shape index (κ2) is 6.43. The van der Waals surface area contributed by atoms with Gasteiger partial charge in [0.15, 0.2) is 0 Å². The van der Waals surface area contributed by atoms with Crippen molar-refractivity contribution in [2.75, 3.05) is 12.4 Å². The van der Waals surface area contributed by atoms with Crippen molar-refractivity contribution < 1.29 is 5.11 Å². The maximum absolute atomic E-state index is 10.3. The summed E-state index contributed by atoms with van der Waals surface area (Å²) in [6.45, 7) is 4.30. The van der Waals surface area contributed by atoms with Crippen LogP contribution in [0.4, 0.5) is 0 Å². The largest absolute Gasteiger partial charge is 0.236 e. The number of hydrogen-bond donors (Lipinski definition) is 0. The molecule has 0 aliphatic heterocycles. The van der Waals surface area contributed by atoms with Crippen LogP contribution < -0.4 is 0 Å². The van der Waals surface area contributed by atoms with Crippen LogP contribution in [0.1, 0.15) is 26.7 Å². The molecule has 0 amide bonds. The molecule has 0 aliphatic rings. The van der Waals surface area contributed by atoms with Gasteiger partial charge in [-0.15, -0.1) is 0 Å². The van der Waals surface area contributed by atoms with E-state index in [0.717, 1.165) is 12.2 Å². The van der Waals surface area contributed by atoms with Crippen molar-refractivity contribution in [1.82, 2.24) is 0 Å². The van der Waals surface area contributed by atoms with E-state index in [1.54, 1.807) is 0 Å². The first kappa shape index (κ1) is 9.31. The van der Waals surface area contributed by atoms with E-state index in [1.165, 1.54) is 6.42 Å². The fraction of sp³-hybridized carbons (Fsp3) is 1.00. The van der Waals surface area contributed by atoms with Crippen LogP contribution in [-0.2, 0) is 5.11 Å². The maximum Gasteiger partial charge on any atom is 0.0940 e. The summed E-state index contributed by atoms with van der Waals surface area (Å²) < 4.78 is 0. The van der Waals surface area contributed by atoms with Gasteiger partial charge >= 0.3 is 0 Å². The Bertz CT molecular complexity index is 52.9. The fourth-order valence-corrected chi connectivity index (χ4v) is 1.47. The van der Waals surface area contributed by atoms with Gasteiger partial charge in [-0.05, 0) is 18.6 Å². The highest BCUT2D eigenvalue weighted by atomic mass is 32.2. The molecule has 0 rings (SSSR count). The van der Waals surface area contributed by atoms with Crippen LogP contribution in [0.15, 0.2) is 0 Å². The molecule has 0 fully saturated rings. The van der Waals surface area contributed by atoms with Crippen LogP contribution in [-0.4, -0.2) is 17.6 Å². The van der Waals surface area contributed by atoms with Crippen LogP contribution in [0.25, 0.3) is 0 Å². The van der Waals surface area contributed by atoms with Gasteiger partial charge in [0.05, 0.1) is 6.61 Å². The van der Waals surface area contributed by atoms with Gasteiger partial charge in [-0.25, -0.2) is 5.11 Å². The van der Waals surface area contributed by atoms with Crippen molar-refractivity contribution in [3.63, 3.8) is 0 Å². The Morgan fingerprint density at radius 3 is 2.44 bits per heavy atom. The Labute approximate surface area is 61.8 Å². The molecule has 0 bridgehead atoms. The lowest BCUT2D eigenvalue weighted by atomic mass is 10.3. The lowest BCUT2D eigenvalue weighted by Crippen LogP contribution is -2.05. The van der Waals surface area contributed by atoms with E-state index in [0.29, 0.717) is 5.25 Å². The summed E-state index contributed by atoms with van der Waals surface area (Å²) in [6.07, 6.45) is 2.20. The average molecular weight is 147 g/mol. The van der Waals surface area contributed by atoms with Crippen molar-refractivity contribution >= 4 is 11.8 Å². The molecule has 1 radical (unpaired) electrons. The van der Waals surface area contributed by atoms with Crippen LogP contribution in [0.3, 0.4) is 0 Å². The minimum Gasteiger partial charge on any atom is -0.236 e. The summed E-state index contributed by atoms with van der Waals surface area (Å²) >= 11 is 1.81. The Morgan fingerprint density at radius 1 is 1.44 bits per heavy atom. The van der Waals surface area contributed by atoms with Gasteiger partial charge in [-0.2, -0.15) is 11.8 Å². The van der Waals surface area contributed by atoms with Gasteiger partial charge in [-0.3, -0.25) is 0 Å². The Morgan fingerprint density at radius 2 is 2.11 bits per heavy atom. The lowest BCUT2D eigenvalue weighted by Gasteiger charge is -2.07. The molecule has 1 nitrogen and oxygen atoms in total. The van der Waals surface area contributed by atoms with Crippen LogP contribution in [0.5, 0.6) is 0 Å². The molecule has 0 aliphatic carbocycles. The van der Waals surface area contributed by atoms with Crippen LogP contribution in [0.2, 0.25) is 0 Å². The third kappa shape index (κ3) is 4.79. The van der Waals surface area contributed by atoms with E-state index in [4.69, 9.17) is 0 Å². The molecule has 1 unspecified atom stereocenters. The lowest BCUT2D eigenvalue weighted by molar-refractivity contribution is 0.193. The zero-order valence-corrected chi connectivity index (χ0v) is 7.04. The second-order valence-electron chi connectivity index (χ2n) is 2.07. The first-order valence-corrected chi connectivity index (χ1v) is 4.59. The number of thioether (sulfide) groups is 1. The van der Waals surface area contributed by atoms with E-state index in [-0.39, 0.29) is 6.61 Å².